The lowest BCUT2D eigenvalue weighted by atomic mass is 9.83. The zero-order chi connectivity index (χ0) is 12.3. The molecule has 0 atom stereocenters. The van der Waals surface area contributed by atoms with Gasteiger partial charge >= 0.3 is 5.97 Å². The summed E-state index contributed by atoms with van der Waals surface area (Å²) in [7, 11) is 0. The van der Waals surface area contributed by atoms with E-state index >= 15 is 0 Å². The number of nitrogens with two attached hydrogens (primary N) is 1. The number of nitrogen functional groups attached to an aromatic ring is 1. The highest BCUT2D eigenvalue weighted by atomic mass is 79.9. The Morgan fingerprint density at radius 2 is 2.24 bits per heavy atom. The first-order valence-corrected chi connectivity index (χ1v) is 6.69. The van der Waals surface area contributed by atoms with E-state index < -0.39 is 0 Å². The lowest BCUT2D eigenvalue weighted by Crippen LogP contribution is -2.15. The summed E-state index contributed by atoms with van der Waals surface area (Å²) in [5.74, 6) is 0.454. The number of benzene rings is 1. The summed E-state index contributed by atoms with van der Waals surface area (Å²) in [4.78, 5) is 11.8. The number of esters is 1. The molecular formula is C13H16BrNO2. The van der Waals surface area contributed by atoms with Crippen LogP contribution >= 0.6 is 15.9 Å². The summed E-state index contributed by atoms with van der Waals surface area (Å²) >= 11 is 3.30. The molecule has 0 bridgehead atoms. The Kier molecular flexibility index (Phi) is 4.05. The predicted octanol–water partition coefficient (Wildman–Crippen LogP) is 3.38. The van der Waals surface area contributed by atoms with Gasteiger partial charge in [0.15, 0.2) is 0 Å². The summed E-state index contributed by atoms with van der Waals surface area (Å²) in [6.07, 6.45) is 4.85. The molecule has 17 heavy (non-hydrogen) atoms. The second kappa shape index (κ2) is 5.54. The molecule has 1 aliphatic rings. The third-order valence-corrected chi connectivity index (χ3v) is 4.12. The summed E-state index contributed by atoms with van der Waals surface area (Å²) in [5, 5.41) is 0. The highest BCUT2D eigenvalue weighted by molar-refractivity contribution is 9.10. The summed E-state index contributed by atoms with van der Waals surface area (Å²) < 4.78 is 5.86. The minimum Gasteiger partial charge on any atom is -0.462 e. The molecule has 1 saturated carbocycles. The van der Waals surface area contributed by atoms with Crippen LogP contribution < -0.4 is 5.73 Å². The van der Waals surface area contributed by atoms with Gasteiger partial charge in [-0.3, -0.25) is 0 Å². The Labute approximate surface area is 109 Å². The number of carbonyl (C=O) groups is 1. The molecule has 0 spiro atoms. The molecule has 2 rings (SSSR count). The zero-order valence-corrected chi connectivity index (χ0v) is 11.2. The molecule has 4 heteroatoms. The molecule has 0 heterocycles. The van der Waals surface area contributed by atoms with Crippen LogP contribution in [0.1, 0.15) is 36.0 Å². The van der Waals surface area contributed by atoms with E-state index in [-0.39, 0.29) is 5.97 Å². The van der Waals surface area contributed by atoms with E-state index in [0.29, 0.717) is 22.3 Å². The molecule has 1 aliphatic carbocycles. The van der Waals surface area contributed by atoms with E-state index in [0.717, 1.165) is 12.3 Å². The summed E-state index contributed by atoms with van der Waals surface area (Å²) in [6.45, 7) is 0.505. The van der Waals surface area contributed by atoms with E-state index in [9.17, 15) is 4.79 Å². The molecule has 1 fully saturated rings. The number of carbonyl (C=O) groups excluding carboxylic acids is 1. The van der Waals surface area contributed by atoms with Crippen LogP contribution in [0, 0.1) is 5.92 Å². The Bertz CT molecular complexity index is 416. The number of rotatable bonds is 4. The van der Waals surface area contributed by atoms with Gasteiger partial charge in [-0.05, 0) is 40.4 Å². The van der Waals surface area contributed by atoms with Crippen molar-refractivity contribution in [3.05, 3.63) is 28.2 Å². The molecule has 1 aromatic rings. The van der Waals surface area contributed by atoms with E-state index in [4.69, 9.17) is 10.5 Å². The SMILES string of the molecule is Nc1cccc(C(=O)OCCC2CCC2)c1Br. The van der Waals surface area contributed by atoms with Crippen LogP contribution in [0.25, 0.3) is 0 Å². The van der Waals surface area contributed by atoms with Crippen molar-refractivity contribution in [2.75, 3.05) is 12.3 Å². The van der Waals surface area contributed by atoms with E-state index in [1.165, 1.54) is 19.3 Å². The maximum Gasteiger partial charge on any atom is 0.339 e. The monoisotopic (exact) mass is 297 g/mol. The topological polar surface area (TPSA) is 52.3 Å². The van der Waals surface area contributed by atoms with Crippen molar-refractivity contribution in [1.82, 2.24) is 0 Å². The van der Waals surface area contributed by atoms with Crippen LogP contribution in [0.5, 0.6) is 0 Å². The van der Waals surface area contributed by atoms with Gasteiger partial charge in [-0.1, -0.05) is 25.3 Å². The van der Waals surface area contributed by atoms with Crippen LogP contribution in [0.15, 0.2) is 22.7 Å². The molecule has 0 unspecified atom stereocenters. The number of hydrogen-bond acceptors (Lipinski definition) is 3. The van der Waals surface area contributed by atoms with Crippen molar-refractivity contribution in [3.63, 3.8) is 0 Å². The molecule has 3 nitrogen and oxygen atoms in total. The third kappa shape index (κ3) is 3.00. The maximum atomic E-state index is 11.8. The maximum absolute atomic E-state index is 11.8. The fourth-order valence-corrected chi connectivity index (χ4v) is 2.31. The first-order valence-electron chi connectivity index (χ1n) is 5.89. The Balaban J connectivity index is 1.87. The lowest BCUT2D eigenvalue weighted by molar-refractivity contribution is 0.0463. The van der Waals surface area contributed by atoms with Gasteiger partial charge in [0.2, 0.25) is 0 Å². The van der Waals surface area contributed by atoms with Crippen molar-refractivity contribution in [2.24, 2.45) is 5.92 Å². The summed E-state index contributed by atoms with van der Waals surface area (Å²) in [6, 6.07) is 5.21. The van der Waals surface area contributed by atoms with E-state index in [2.05, 4.69) is 15.9 Å². The van der Waals surface area contributed by atoms with Crippen LogP contribution in [0.2, 0.25) is 0 Å². The molecule has 0 radical (unpaired) electrons. The average molecular weight is 298 g/mol. The van der Waals surface area contributed by atoms with Crippen molar-refractivity contribution in [3.8, 4) is 0 Å². The Hall–Kier alpha value is -1.03. The van der Waals surface area contributed by atoms with Gasteiger partial charge in [0, 0.05) is 5.69 Å². The van der Waals surface area contributed by atoms with Gasteiger partial charge in [-0.15, -0.1) is 0 Å². The molecular weight excluding hydrogens is 282 g/mol. The molecule has 0 aliphatic heterocycles. The predicted molar refractivity (Wildman–Crippen MR) is 70.8 cm³/mol. The highest BCUT2D eigenvalue weighted by Gasteiger charge is 2.18. The first-order chi connectivity index (χ1) is 8.18. The van der Waals surface area contributed by atoms with Gasteiger partial charge in [0.25, 0.3) is 0 Å². The van der Waals surface area contributed by atoms with Crippen molar-refractivity contribution in [1.29, 1.82) is 0 Å². The van der Waals surface area contributed by atoms with E-state index in [1.807, 2.05) is 0 Å². The number of anilines is 1. The molecule has 2 N–H and O–H groups in total. The smallest absolute Gasteiger partial charge is 0.339 e. The van der Waals surface area contributed by atoms with Gasteiger partial charge in [0.1, 0.15) is 0 Å². The van der Waals surface area contributed by atoms with Crippen LogP contribution in [0.3, 0.4) is 0 Å². The van der Waals surface area contributed by atoms with Gasteiger partial charge in [0.05, 0.1) is 16.6 Å². The Morgan fingerprint density at radius 3 is 2.88 bits per heavy atom. The minimum absolute atomic E-state index is 0.302. The molecule has 0 amide bonds. The lowest BCUT2D eigenvalue weighted by Gasteiger charge is -2.24. The largest absolute Gasteiger partial charge is 0.462 e. The normalized spacial score (nSPS) is 15.4. The van der Waals surface area contributed by atoms with Gasteiger partial charge in [-0.25, -0.2) is 4.79 Å². The molecule has 1 aromatic carbocycles. The van der Waals surface area contributed by atoms with Crippen LogP contribution in [-0.4, -0.2) is 12.6 Å². The van der Waals surface area contributed by atoms with Crippen molar-refractivity contribution in [2.45, 2.75) is 25.7 Å². The minimum atomic E-state index is -0.302. The molecule has 0 saturated heterocycles. The van der Waals surface area contributed by atoms with Crippen LogP contribution in [-0.2, 0) is 4.74 Å². The number of ether oxygens (including phenoxy) is 1. The fourth-order valence-electron chi connectivity index (χ4n) is 1.88. The average Bonchev–Trinajstić information content (AvgIpc) is 2.25. The third-order valence-electron chi connectivity index (χ3n) is 3.23. The van der Waals surface area contributed by atoms with E-state index in [1.54, 1.807) is 18.2 Å². The van der Waals surface area contributed by atoms with Gasteiger partial charge in [-0.2, -0.15) is 0 Å². The van der Waals surface area contributed by atoms with Gasteiger partial charge < -0.3 is 10.5 Å². The van der Waals surface area contributed by atoms with Crippen LogP contribution in [0.4, 0.5) is 5.69 Å². The molecule has 92 valence electrons. The Morgan fingerprint density at radius 1 is 1.47 bits per heavy atom. The quantitative estimate of drug-likeness (QED) is 0.685. The number of halogens is 1. The standard InChI is InChI=1S/C13H16BrNO2/c14-12-10(5-2-6-11(12)15)13(16)17-8-7-9-3-1-4-9/h2,5-6,9H,1,3-4,7-8,15H2. The fraction of sp³-hybridized carbons (Fsp3) is 0.462. The number of hydrogen-bond donors (Lipinski definition) is 1. The molecule has 0 aromatic heterocycles. The second-order valence-electron chi connectivity index (χ2n) is 4.43. The summed E-state index contributed by atoms with van der Waals surface area (Å²) in [5.41, 5.74) is 6.76. The first kappa shape index (κ1) is 12.4. The highest BCUT2D eigenvalue weighted by Crippen LogP contribution is 2.29. The zero-order valence-electron chi connectivity index (χ0n) is 9.62. The van der Waals surface area contributed by atoms with Crippen molar-refractivity contribution < 1.29 is 9.53 Å². The van der Waals surface area contributed by atoms with Crippen molar-refractivity contribution >= 4 is 27.6 Å². The second-order valence-corrected chi connectivity index (χ2v) is 5.22.